The molecule has 0 bridgehead atoms. The molecule has 2 fully saturated rings. The largest absolute Gasteiger partial charge is 0.433 e. The van der Waals surface area contributed by atoms with Gasteiger partial charge in [0.1, 0.15) is 17.3 Å². The van der Waals surface area contributed by atoms with E-state index in [0.29, 0.717) is 43.3 Å². The summed E-state index contributed by atoms with van der Waals surface area (Å²) >= 11 is 0. The van der Waals surface area contributed by atoms with Crippen molar-refractivity contribution in [3.63, 3.8) is 0 Å². The van der Waals surface area contributed by atoms with Crippen molar-refractivity contribution in [2.24, 2.45) is 5.92 Å². The summed E-state index contributed by atoms with van der Waals surface area (Å²) in [5, 5.41) is 0. The number of aromatic nitrogens is 3. The second-order valence-corrected chi connectivity index (χ2v) is 9.22. The Kier molecular flexibility index (Phi) is 5.21. The van der Waals surface area contributed by atoms with Gasteiger partial charge in [-0.3, -0.25) is 4.79 Å². The van der Waals surface area contributed by atoms with E-state index in [9.17, 15) is 18.0 Å². The highest BCUT2D eigenvalue weighted by molar-refractivity contribution is 5.82. The van der Waals surface area contributed by atoms with Crippen LogP contribution in [0.5, 0.6) is 0 Å². The minimum atomic E-state index is -4.50. The minimum Gasteiger partial charge on any atom is -0.371 e. The van der Waals surface area contributed by atoms with E-state index < -0.39 is 11.9 Å². The topological polar surface area (TPSA) is 65.5 Å². The van der Waals surface area contributed by atoms with Crippen molar-refractivity contribution in [1.82, 2.24) is 19.9 Å². The number of amides is 1. The third kappa shape index (κ3) is 3.89. The fraction of sp³-hybridized carbons (Fsp3) is 0.565. The van der Waals surface area contributed by atoms with Crippen molar-refractivity contribution in [2.75, 3.05) is 36.0 Å². The Morgan fingerprint density at radius 2 is 1.82 bits per heavy atom. The molecule has 5 heterocycles. The van der Waals surface area contributed by atoms with E-state index in [1.807, 2.05) is 23.6 Å². The quantitative estimate of drug-likeness (QED) is 0.697. The first-order chi connectivity index (χ1) is 15.6. The van der Waals surface area contributed by atoms with Gasteiger partial charge in [0.2, 0.25) is 5.91 Å². The summed E-state index contributed by atoms with van der Waals surface area (Å²) in [6.07, 6.45) is -2.76. The van der Waals surface area contributed by atoms with E-state index in [1.165, 1.54) is 0 Å². The molecule has 5 rings (SSSR count). The zero-order valence-electron chi connectivity index (χ0n) is 19.0. The van der Waals surface area contributed by atoms with Gasteiger partial charge in [-0.2, -0.15) is 13.2 Å². The Bertz CT molecular complexity index is 1100. The number of halogens is 3. The van der Waals surface area contributed by atoms with Gasteiger partial charge in [-0.1, -0.05) is 0 Å². The molecule has 0 aromatic carbocycles. The number of carbonyl (C=O) groups is 1. The second kappa shape index (κ2) is 7.85. The Balaban J connectivity index is 1.34. The standard InChI is InChI=1S/C23H27F3N6O/c1-13-9-17(10-19(27-13)23(24,25)26)31-8-5-16(11-31)22(33)32-12-18-20(14(32)2)21(29-15(3)28-18)30-6-4-7-30/h9-10,14,16H,4-8,11-12H2,1-3H3/t14-,16+/m1/s1. The van der Waals surface area contributed by atoms with Crippen LogP contribution in [0, 0.1) is 19.8 Å². The van der Waals surface area contributed by atoms with Crippen LogP contribution in [0.15, 0.2) is 12.1 Å². The molecule has 2 atom stereocenters. The minimum absolute atomic E-state index is 0.0250. The lowest BCUT2D eigenvalue weighted by atomic mass is 10.1. The summed E-state index contributed by atoms with van der Waals surface area (Å²) < 4.78 is 39.6. The normalized spacial score (nSPS) is 22.5. The van der Waals surface area contributed by atoms with Crippen LogP contribution in [0.4, 0.5) is 24.7 Å². The van der Waals surface area contributed by atoms with E-state index in [2.05, 4.69) is 19.9 Å². The maximum atomic E-state index is 13.5. The highest BCUT2D eigenvalue weighted by Crippen LogP contribution is 2.41. The van der Waals surface area contributed by atoms with Gasteiger partial charge in [-0.15, -0.1) is 0 Å². The molecule has 10 heteroatoms. The molecule has 0 unspecified atom stereocenters. The molecular weight excluding hydrogens is 433 g/mol. The summed E-state index contributed by atoms with van der Waals surface area (Å²) in [5.41, 5.74) is 1.81. The van der Waals surface area contributed by atoms with Gasteiger partial charge in [-0.05, 0) is 45.7 Å². The molecule has 0 radical (unpaired) electrons. The highest BCUT2D eigenvalue weighted by atomic mass is 19.4. The van der Waals surface area contributed by atoms with Crippen LogP contribution < -0.4 is 9.80 Å². The first kappa shape index (κ1) is 21.9. The van der Waals surface area contributed by atoms with Crippen LogP contribution in [-0.2, 0) is 17.5 Å². The summed E-state index contributed by atoms with van der Waals surface area (Å²) in [5.74, 6) is 1.40. The van der Waals surface area contributed by atoms with Crippen LogP contribution in [0.3, 0.4) is 0 Å². The summed E-state index contributed by atoms with van der Waals surface area (Å²) in [6.45, 7) is 8.74. The number of alkyl halides is 3. The predicted octanol–water partition coefficient (Wildman–Crippen LogP) is 3.65. The van der Waals surface area contributed by atoms with Crippen LogP contribution in [-0.4, -0.2) is 51.9 Å². The molecule has 2 aromatic heterocycles. The molecule has 33 heavy (non-hydrogen) atoms. The molecule has 0 spiro atoms. The third-order valence-corrected chi connectivity index (χ3v) is 6.89. The number of fused-ring (bicyclic) bond motifs is 1. The van der Waals surface area contributed by atoms with Crippen LogP contribution in [0.2, 0.25) is 0 Å². The predicted molar refractivity (Wildman–Crippen MR) is 117 cm³/mol. The van der Waals surface area contributed by atoms with Crippen molar-refractivity contribution in [3.05, 3.63) is 40.6 Å². The van der Waals surface area contributed by atoms with Gasteiger partial charge in [0.15, 0.2) is 0 Å². The highest BCUT2D eigenvalue weighted by Gasteiger charge is 2.41. The first-order valence-electron chi connectivity index (χ1n) is 11.4. The molecule has 176 valence electrons. The van der Waals surface area contributed by atoms with E-state index in [-0.39, 0.29) is 17.9 Å². The number of hydrogen-bond donors (Lipinski definition) is 0. The molecule has 0 saturated carbocycles. The van der Waals surface area contributed by atoms with Gasteiger partial charge >= 0.3 is 6.18 Å². The lowest BCUT2D eigenvalue weighted by molar-refractivity contribution is -0.141. The Labute approximate surface area is 190 Å². The molecule has 0 N–H and O–H groups in total. The summed E-state index contributed by atoms with van der Waals surface area (Å²) in [6, 6.07) is 2.60. The molecule has 3 aliphatic rings. The molecule has 0 aliphatic carbocycles. The zero-order valence-corrected chi connectivity index (χ0v) is 19.0. The Hall–Kier alpha value is -2.91. The van der Waals surface area contributed by atoms with Crippen molar-refractivity contribution in [1.29, 1.82) is 0 Å². The van der Waals surface area contributed by atoms with Gasteiger partial charge in [0.25, 0.3) is 0 Å². The zero-order chi connectivity index (χ0) is 23.5. The summed E-state index contributed by atoms with van der Waals surface area (Å²) in [7, 11) is 0. The average Bonchev–Trinajstić information content (AvgIpc) is 3.30. The number of anilines is 2. The lowest BCUT2D eigenvalue weighted by Gasteiger charge is -2.34. The number of hydrogen-bond acceptors (Lipinski definition) is 6. The van der Waals surface area contributed by atoms with Crippen molar-refractivity contribution >= 4 is 17.4 Å². The third-order valence-electron chi connectivity index (χ3n) is 6.89. The Morgan fingerprint density at radius 3 is 2.48 bits per heavy atom. The van der Waals surface area contributed by atoms with Crippen LogP contribution in [0.25, 0.3) is 0 Å². The van der Waals surface area contributed by atoms with Gasteiger partial charge in [-0.25, -0.2) is 15.0 Å². The smallest absolute Gasteiger partial charge is 0.371 e. The first-order valence-corrected chi connectivity index (χ1v) is 11.4. The van der Waals surface area contributed by atoms with E-state index >= 15 is 0 Å². The van der Waals surface area contributed by atoms with Crippen LogP contribution in [0.1, 0.15) is 54.3 Å². The van der Waals surface area contributed by atoms with Crippen molar-refractivity contribution in [2.45, 2.75) is 52.4 Å². The molecular formula is C23H27F3N6O. The molecule has 7 nitrogen and oxygen atoms in total. The fourth-order valence-electron chi connectivity index (χ4n) is 5.07. The Morgan fingerprint density at radius 1 is 1.06 bits per heavy atom. The van der Waals surface area contributed by atoms with Crippen molar-refractivity contribution < 1.29 is 18.0 Å². The number of rotatable bonds is 3. The van der Waals surface area contributed by atoms with E-state index in [0.717, 1.165) is 42.7 Å². The molecule has 1 amide bonds. The fourth-order valence-corrected chi connectivity index (χ4v) is 5.07. The van der Waals surface area contributed by atoms with E-state index in [4.69, 9.17) is 0 Å². The SMILES string of the molecule is Cc1cc(N2CC[C@H](C(=O)N3Cc4nc(C)nc(N5CCC5)c4[C@H]3C)C2)cc(C(F)(F)F)n1. The number of aryl methyl sites for hydroxylation is 2. The monoisotopic (exact) mass is 460 g/mol. The number of pyridine rings is 1. The second-order valence-electron chi connectivity index (χ2n) is 9.22. The number of carbonyl (C=O) groups excluding carboxylic acids is 1. The summed E-state index contributed by atoms with van der Waals surface area (Å²) in [4.78, 5) is 32.3. The molecule has 2 saturated heterocycles. The maximum Gasteiger partial charge on any atom is 0.433 e. The van der Waals surface area contributed by atoms with Gasteiger partial charge in [0, 0.05) is 43.1 Å². The lowest BCUT2D eigenvalue weighted by Crippen LogP contribution is -2.39. The number of nitrogens with zero attached hydrogens (tertiary/aromatic N) is 6. The van der Waals surface area contributed by atoms with Gasteiger partial charge in [0.05, 0.1) is 24.2 Å². The molecule has 3 aliphatic heterocycles. The van der Waals surface area contributed by atoms with E-state index in [1.54, 1.807) is 13.0 Å². The van der Waals surface area contributed by atoms with Gasteiger partial charge < -0.3 is 14.7 Å². The van der Waals surface area contributed by atoms with Crippen LogP contribution >= 0.6 is 0 Å². The average molecular weight is 461 g/mol. The molecule has 2 aromatic rings. The maximum absolute atomic E-state index is 13.5. The van der Waals surface area contributed by atoms with Crippen molar-refractivity contribution in [3.8, 4) is 0 Å².